The third-order valence-corrected chi connectivity index (χ3v) is 4.13. The van der Waals surface area contributed by atoms with Crippen LogP contribution in [0.15, 0.2) is 42.5 Å². The number of fused-ring (bicyclic) bond motifs is 1. The molecule has 0 spiro atoms. The molecule has 2 aromatic carbocycles. The van der Waals surface area contributed by atoms with Gasteiger partial charge in [-0.05, 0) is 36.2 Å². The fourth-order valence-corrected chi connectivity index (χ4v) is 2.89. The number of nitro groups is 1. The van der Waals surface area contributed by atoms with Crippen LogP contribution in [0.4, 0.5) is 5.69 Å². The van der Waals surface area contributed by atoms with Crippen LogP contribution in [0.25, 0.3) is 0 Å². The number of hydrogen-bond donors (Lipinski definition) is 1. The number of rotatable bonds is 2. The van der Waals surface area contributed by atoms with E-state index in [4.69, 9.17) is 11.6 Å². The van der Waals surface area contributed by atoms with Gasteiger partial charge in [0.15, 0.2) is 0 Å². The van der Waals surface area contributed by atoms with Crippen LogP contribution in [-0.4, -0.2) is 16.7 Å². The summed E-state index contributed by atoms with van der Waals surface area (Å²) in [5.74, 6) is -0.470. The zero-order valence-electron chi connectivity index (χ0n) is 11.7. The summed E-state index contributed by atoms with van der Waals surface area (Å²) in [7, 11) is 0. The number of para-hydroxylation sites is 1. The number of benzene rings is 2. The molecule has 0 aliphatic carbocycles. The Morgan fingerprint density at radius 3 is 2.50 bits per heavy atom. The van der Waals surface area contributed by atoms with Crippen molar-refractivity contribution in [2.75, 3.05) is 5.32 Å². The van der Waals surface area contributed by atoms with E-state index in [1.54, 1.807) is 36.4 Å². The number of Topliss-reactive ketones (excluding diaryl/α,β-unsaturated/α-hetero) is 1. The van der Waals surface area contributed by atoms with Crippen LogP contribution in [0, 0.1) is 17.0 Å². The Kier molecular flexibility index (Phi) is 3.58. The topological polar surface area (TPSA) is 72.2 Å². The standard InChI is InChI=1S/C16H13ClN2O3/c1-9-3-2-4-12-13(9)18-14(15(16(12)20)19(21)22)10-5-7-11(17)8-6-10/h2-8,14-15,18H,1H3/t14-,15-/m0/s1. The molecule has 0 fully saturated rings. The normalized spacial score (nSPS) is 20.2. The molecule has 1 heterocycles. The lowest BCUT2D eigenvalue weighted by atomic mass is 9.87. The van der Waals surface area contributed by atoms with Crippen molar-refractivity contribution in [3.63, 3.8) is 0 Å². The van der Waals surface area contributed by atoms with Crippen molar-refractivity contribution in [1.82, 2.24) is 0 Å². The number of halogens is 1. The molecule has 3 rings (SSSR count). The van der Waals surface area contributed by atoms with E-state index in [9.17, 15) is 14.9 Å². The van der Waals surface area contributed by atoms with Crippen molar-refractivity contribution < 1.29 is 9.72 Å². The molecule has 0 saturated carbocycles. The second kappa shape index (κ2) is 5.42. The Labute approximate surface area is 132 Å². The van der Waals surface area contributed by atoms with Crippen molar-refractivity contribution in [1.29, 1.82) is 0 Å². The highest BCUT2D eigenvalue weighted by Crippen LogP contribution is 2.36. The zero-order chi connectivity index (χ0) is 15.9. The van der Waals surface area contributed by atoms with E-state index in [1.807, 2.05) is 13.0 Å². The molecule has 1 aliphatic heterocycles. The van der Waals surface area contributed by atoms with Crippen LogP contribution in [0.3, 0.4) is 0 Å². The van der Waals surface area contributed by atoms with Gasteiger partial charge in [-0.25, -0.2) is 0 Å². The number of nitrogens with one attached hydrogen (secondary N) is 1. The summed E-state index contributed by atoms with van der Waals surface area (Å²) in [4.78, 5) is 23.5. The van der Waals surface area contributed by atoms with Crippen molar-refractivity contribution in [2.45, 2.75) is 19.0 Å². The van der Waals surface area contributed by atoms with Crippen LogP contribution in [0.1, 0.15) is 27.5 Å². The molecule has 0 unspecified atom stereocenters. The lowest BCUT2D eigenvalue weighted by molar-refractivity contribution is -0.508. The fourth-order valence-electron chi connectivity index (χ4n) is 2.76. The number of hydrogen-bond acceptors (Lipinski definition) is 4. The summed E-state index contributed by atoms with van der Waals surface area (Å²) in [5.41, 5.74) is 2.57. The van der Waals surface area contributed by atoms with Crippen LogP contribution < -0.4 is 5.32 Å². The quantitative estimate of drug-likeness (QED) is 0.678. The number of ketones is 1. The highest BCUT2D eigenvalue weighted by atomic mass is 35.5. The Morgan fingerprint density at radius 1 is 1.18 bits per heavy atom. The molecular weight excluding hydrogens is 304 g/mol. The number of carbonyl (C=O) groups is 1. The van der Waals surface area contributed by atoms with Gasteiger partial charge in [-0.3, -0.25) is 14.9 Å². The smallest absolute Gasteiger partial charge is 0.298 e. The first-order chi connectivity index (χ1) is 10.5. The molecule has 1 aliphatic rings. The molecule has 0 bridgehead atoms. The minimum absolute atomic E-state index is 0.368. The maximum atomic E-state index is 12.6. The van der Waals surface area contributed by atoms with Crippen LogP contribution in [-0.2, 0) is 0 Å². The number of carbonyl (C=O) groups excluding carboxylic acids is 1. The summed E-state index contributed by atoms with van der Waals surface area (Å²) < 4.78 is 0. The van der Waals surface area contributed by atoms with Gasteiger partial charge in [0.2, 0.25) is 5.78 Å². The summed E-state index contributed by atoms with van der Waals surface area (Å²) in [5, 5.41) is 15.1. The van der Waals surface area contributed by atoms with E-state index in [2.05, 4.69) is 5.32 Å². The van der Waals surface area contributed by atoms with E-state index in [-0.39, 0.29) is 0 Å². The van der Waals surface area contributed by atoms with Gasteiger partial charge >= 0.3 is 0 Å². The summed E-state index contributed by atoms with van der Waals surface area (Å²) >= 11 is 5.86. The van der Waals surface area contributed by atoms with E-state index in [0.717, 1.165) is 5.56 Å². The third-order valence-electron chi connectivity index (χ3n) is 3.88. The first-order valence-electron chi connectivity index (χ1n) is 6.78. The molecule has 0 amide bonds. The average Bonchev–Trinajstić information content (AvgIpc) is 2.48. The van der Waals surface area contributed by atoms with Crippen molar-refractivity contribution in [3.8, 4) is 0 Å². The highest BCUT2D eigenvalue weighted by molar-refractivity contribution is 6.30. The van der Waals surface area contributed by atoms with Crippen molar-refractivity contribution in [3.05, 3.63) is 74.3 Å². The SMILES string of the molecule is Cc1cccc2c1N[C@@H](c1ccc(Cl)cc1)[C@H]([N+](=O)[O-])C2=O. The number of nitrogens with zero attached hydrogens (tertiary/aromatic N) is 1. The molecule has 0 radical (unpaired) electrons. The van der Waals surface area contributed by atoms with E-state index >= 15 is 0 Å². The minimum Gasteiger partial charge on any atom is -0.371 e. The minimum atomic E-state index is -1.35. The molecule has 1 N–H and O–H groups in total. The van der Waals surface area contributed by atoms with E-state index in [0.29, 0.717) is 21.8 Å². The first-order valence-corrected chi connectivity index (χ1v) is 7.16. The van der Waals surface area contributed by atoms with Gasteiger partial charge in [0.1, 0.15) is 6.04 Å². The van der Waals surface area contributed by atoms with Gasteiger partial charge < -0.3 is 5.32 Å². The monoisotopic (exact) mass is 316 g/mol. The summed E-state index contributed by atoms with van der Waals surface area (Å²) in [6, 6.07) is 9.87. The Hall–Kier alpha value is -2.40. The van der Waals surface area contributed by atoms with Crippen LogP contribution in [0.5, 0.6) is 0 Å². The highest BCUT2D eigenvalue weighted by Gasteiger charge is 2.45. The fraction of sp³-hybridized carbons (Fsp3) is 0.188. The molecule has 0 aromatic heterocycles. The first kappa shape index (κ1) is 14.5. The van der Waals surface area contributed by atoms with Crippen LogP contribution >= 0.6 is 11.6 Å². The average molecular weight is 317 g/mol. The van der Waals surface area contributed by atoms with Gasteiger partial charge in [-0.2, -0.15) is 0 Å². The van der Waals surface area contributed by atoms with Crippen molar-refractivity contribution in [2.24, 2.45) is 0 Å². The van der Waals surface area contributed by atoms with Crippen LogP contribution in [0.2, 0.25) is 5.02 Å². The second-order valence-corrected chi connectivity index (χ2v) is 5.70. The Balaban J connectivity index is 2.13. The molecule has 112 valence electrons. The molecule has 2 aromatic rings. The van der Waals surface area contributed by atoms with Gasteiger partial charge in [-0.1, -0.05) is 35.9 Å². The maximum Gasteiger partial charge on any atom is 0.298 e. The molecular formula is C16H13ClN2O3. The summed E-state index contributed by atoms with van der Waals surface area (Å²) in [6.07, 6.45) is 0. The second-order valence-electron chi connectivity index (χ2n) is 5.27. The Bertz CT molecular complexity index is 758. The van der Waals surface area contributed by atoms with Gasteiger partial charge in [0, 0.05) is 21.2 Å². The Morgan fingerprint density at radius 2 is 1.86 bits per heavy atom. The van der Waals surface area contributed by atoms with Gasteiger partial charge in [-0.15, -0.1) is 0 Å². The molecule has 5 nitrogen and oxygen atoms in total. The van der Waals surface area contributed by atoms with E-state index < -0.39 is 22.8 Å². The molecule has 6 heteroatoms. The van der Waals surface area contributed by atoms with E-state index in [1.165, 1.54) is 0 Å². The molecule has 2 atom stereocenters. The molecule has 0 saturated heterocycles. The lowest BCUT2D eigenvalue weighted by Crippen LogP contribution is -2.43. The van der Waals surface area contributed by atoms with Gasteiger partial charge in [0.05, 0.1) is 0 Å². The largest absolute Gasteiger partial charge is 0.371 e. The summed E-state index contributed by atoms with van der Waals surface area (Å²) in [6.45, 7) is 1.87. The van der Waals surface area contributed by atoms with Crippen molar-refractivity contribution >= 4 is 23.1 Å². The third kappa shape index (κ3) is 2.33. The maximum absolute atomic E-state index is 12.6. The predicted molar refractivity (Wildman–Crippen MR) is 84.1 cm³/mol. The zero-order valence-corrected chi connectivity index (χ0v) is 12.5. The lowest BCUT2D eigenvalue weighted by Gasteiger charge is -2.29. The number of aryl methyl sites for hydroxylation is 1. The predicted octanol–water partition coefficient (Wildman–Crippen LogP) is 3.64. The molecule has 22 heavy (non-hydrogen) atoms. The van der Waals surface area contributed by atoms with Gasteiger partial charge in [0.25, 0.3) is 6.04 Å². The number of anilines is 1.